The summed E-state index contributed by atoms with van der Waals surface area (Å²) >= 11 is 0. The summed E-state index contributed by atoms with van der Waals surface area (Å²) in [6.45, 7) is 4.73. The fraction of sp³-hybridized carbons (Fsp3) is 0.0526. The molecule has 274 valence electrons. The Bertz CT molecular complexity index is 3190. The summed E-state index contributed by atoms with van der Waals surface area (Å²) in [4.78, 5) is 2.47. The Morgan fingerprint density at radius 3 is 1.76 bits per heavy atom. The fourth-order valence-electron chi connectivity index (χ4n) is 9.47. The van der Waals surface area contributed by atoms with Gasteiger partial charge < -0.3 is 4.90 Å². The van der Waals surface area contributed by atoms with Crippen LogP contribution in [0.2, 0.25) is 0 Å². The van der Waals surface area contributed by atoms with Crippen molar-refractivity contribution in [2.24, 2.45) is 0 Å². The summed E-state index contributed by atoms with van der Waals surface area (Å²) in [7, 11) is 0. The Kier molecular flexibility index (Phi) is 7.91. The summed E-state index contributed by atoms with van der Waals surface area (Å²) in [5.41, 5.74) is 15.8. The molecule has 11 rings (SSSR count). The molecule has 58 heavy (non-hydrogen) atoms. The second-order valence-electron chi connectivity index (χ2n) is 16.1. The molecule has 0 saturated carbocycles. The molecular weight excluding hydrogens is 699 g/mol. The van der Waals surface area contributed by atoms with Gasteiger partial charge in [-0.3, -0.25) is 0 Å². The van der Waals surface area contributed by atoms with Crippen LogP contribution in [0.4, 0.5) is 17.1 Å². The van der Waals surface area contributed by atoms with Crippen molar-refractivity contribution in [3.05, 3.63) is 223 Å². The minimum atomic E-state index is -0.128. The number of anilines is 3. The van der Waals surface area contributed by atoms with Gasteiger partial charge in [0.15, 0.2) is 0 Å². The first kappa shape index (κ1) is 34.1. The average molecular weight is 740 g/mol. The van der Waals surface area contributed by atoms with Crippen molar-refractivity contribution >= 4 is 49.4 Å². The lowest BCUT2D eigenvalue weighted by atomic mass is 9.82. The monoisotopic (exact) mass is 739 g/mol. The highest BCUT2D eigenvalue weighted by molar-refractivity contribution is 6.14. The Hall–Kier alpha value is -7.22. The van der Waals surface area contributed by atoms with Gasteiger partial charge in [0, 0.05) is 22.4 Å². The van der Waals surface area contributed by atoms with Crippen LogP contribution in [0, 0.1) is 0 Å². The van der Waals surface area contributed by atoms with Gasteiger partial charge in [-0.15, -0.1) is 0 Å². The molecule has 1 nitrogen and oxygen atoms in total. The SMILES string of the molecule is CC1(C)c2ccccc2-c2ccc(N(c3ccc(-c4ccc5ccccc5c4)cc3)c3ccc(-c4cc5ccccc5c5ccccc45)cc3-c3ccccc3)cc21. The molecule has 0 fully saturated rings. The van der Waals surface area contributed by atoms with E-state index in [0.29, 0.717) is 0 Å². The van der Waals surface area contributed by atoms with Gasteiger partial charge >= 0.3 is 0 Å². The lowest BCUT2D eigenvalue weighted by Gasteiger charge is -2.30. The normalized spacial score (nSPS) is 12.8. The quantitative estimate of drug-likeness (QED) is 0.154. The van der Waals surface area contributed by atoms with E-state index in [1.165, 1.54) is 88.0 Å². The summed E-state index contributed by atoms with van der Waals surface area (Å²) in [5.74, 6) is 0. The van der Waals surface area contributed by atoms with Gasteiger partial charge in [-0.1, -0.05) is 178 Å². The molecule has 1 aliphatic carbocycles. The van der Waals surface area contributed by atoms with E-state index >= 15 is 0 Å². The van der Waals surface area contributed by atoms with Crippen molar-refractivity contribution in [2.45, 2.75) is 19.3 Å². The third kappa shape index (κ3) is 5.54. The molecular formula is C57H41N. The number of nitrogens with zero attached hydrogens (tertiary/aromatic N) is 1. The Labute approximate surface area is 340 Å². The van der Waals surface area contributed by atoms with Crippen LogP contribution >= 0.6 is 0 Å². The van der Waals surface area contributed by atoms with Crippen LogP contribution in [-0.4, -0.2) is 0 Å². The van der Waals surface area contributed by atoms with E-state index in [1.54, 1.807) is 0 Å². The van der Waals surface area contributed by atoms with Crippen LogP contribution in [0.3, 0.4) is 0 Å². The highest BCUT2D eigenvalue weighted by Gasteiger charge is 2.36. The molecule has 0 aliphatic heterocycles. The van der Waals surface area contributed by atoms with Gasteiger partial charge in [0.1, 0.15) is 0 Å². The third-order valence-electron chi connectivity index (χ3n) is 12.4. The third-order valence-corrected chi connectivity index (χ3v) is 12.4. The molecule has 0 spiro atoms. The van der Waals surface area contributed by atoms with E-state index in [4.69, 9.17) is 0 Å². The first-order chi connectivity index (χ1) is 28.5. The highest BCUT2D eigenvalue weighted by atomic mass is 15.1. The van der Waals surface area contributed by atoms with Crippen LogP contribution in [0.15, 0.2) is 212 Å². The number of rotatable bonds is 6. The molecule has 1 heteroatoms. The van der Waals surface area contributed by atoms with E-state index in [-0.39, 0.29) is 5.41 Å². The number of benzene rings is 10. The van der Waals surface area contributed by atoms with Crippen molar-refractivity contribution < 1.29 is 0 Å². The molecule has 0 amide bonds. The minimum absolute atomic E-state index is 0.128. The van der Waals surface area contributed by atoms with E-state index in [2.05, 4.69) is 231 Å². The molecule has 0 radical (unpaired) electrons. The van der Waals surface area contributed by atoms with Crippen LogP contribution in [0.5, 0.6) is 0 Å². The predicted molar refractivity (Wildman–Crippen MR) is 248 cm³/mol. The van der Waals surface area contributed by atoms with Crippen molar-refractivity contribution in [2.75, 3.05) is 4.90 Å². The minimum Gasteiger partial charge on any atom is -0.310 e. The fourth-order valence-corrected chi connectivity index (χ4v) is 9.47. The van der Waals surface area contributed by atoms with E-state index in [9.17, 15) is 0 Å². The number of hydrogen-bond donors (Lipinski definition) is 0. The Balaban J connectivity index is 1.12. The first-order valence-corrected chi connectivity index (χ1v) is 20.3. The molecule has 0 atom stereocenters. The average Bonchev–Trinajstić information content (AvgIpc) is 3.52. The number of fused-ring (bicyclic) bond motifs is 7. The zero-order chi connectivity index (χ0) is 38.8. The Morgan fingerprint density at radius 2 is 0.931 bits per heavy atom. The molecule has 1 aliphatic rings. The maximum absolute atomic E-state index is 2.47. The zero-order valence-corrected chi connectivity index (χ0v) is 32.7. The van der Waals surface area contributed by atoms with Crippen LogP contribution in [0.25, 0.3) is 76.8 Å². The molecule has 10 aromatic carbocycles. The Morgan fingerprint density at radius 1 is 0.310 bits per heavy atom. The molecule has 0 saturated heterocycles. The molecule has 10 aromatic rings. The lowest BCUT2D eigenvalue weighted by molar-refractivity contribution is 0.660. The number of hydrogen-bond acceptors (Lipinski definition) is 1. The standard InChI is InChI=1S/C57H41N/c1-57(2)54-23-13-12-22-50(54)51-32-31-46(37-55(51)57)58(45-29-26-39(27-30-45)42-25-24-38-14-6-7-17-41(38)34-42)56-33-28-44(36-53(56)40-15-4-3-5-16-40)52-35-43-18-8-9-19-47(43)48-20-10-11-21-49(48)52/h3-37H,1-2H3. The van der Waals surface area contributed by atoms with Crippen molar-refractivity contribution in [1.29, 1.82) is 0 Å². The molecule has 0 bridgehead atoms. The van der Waals surface area contributed by atoms with Crippen molar-refractivity contribution in [3.63, 3.8) is 0 Å². The highest BCUT2D eigenvalue weighted by Crippen LogP contribution is 2.52. The molecule has 0 heterocycles. The van der Waals surface area contributed by atoms with Gasteiger partial charge in [0.2, 0.25) is 0 Å². The van der Waals surface area contributed by atoms with E-state index < -0.39 is 0 Å². The van der Waals surface area contributed by atoms with Gasteiger partial charge in [0.25, 0.3) is 0 Å². The van der Waals surface area contributed by atoms with Gasteiger partial charge in [-0.25, -0.2) is 0 Å². The second-order valence-corrected chi connectivity index (χ2v) is 16.1. The molecule has 0 aromatic heterocycles. The summed E-state index contributed by atoms with van der Waals surface area (Å²) in [6, 6.07) is 78.3. The molecule has 0 N–H and O–H groups in total. The van der Waals surface area contributed by atoms with E-state index in [1.807, 2.05) is 0 Å². The maximum atomic E-state index is 2.47. The summed E-state index contributed by atoms with van der Waals surface area (Å²) in [5, 5.41) is 7.56. The lowest BCUT2D eigenvalue weighted by Crippen LogP contribution is -2.17. The van der Waals surface area contributed by atoms with Crippen LogP contribution in [0.1, 0.15) is 25.0 Å². The van der Waals surface area contributed by atoms with Crippen LogP contribution < -0.4 is 4.90 Å². The summed E-state index contributed by atoms with van der Waals surface area (Å²) < 4.78 is 0. The van der Waals surface area contributed by atoms with Gasteiger partial charge in [0.05, 0.1) is 5.69 Å². The second kappa shape index (κ2) is 13.5. The summed E-state index contributed by atoms with van der Waals surface area (Å²) in [6.07, 6.45) is 0. The van der Waals surface area contributed by atoms with Gasteiger partial charge in [-0.05, 0) is 131 Å². The van der Waals surface area contributed by atoms with Crippen molar-refractivity contribution in [3.8, 4) is 44.5 Å². The smallest absolute Gasteiger partial charge is 0.0540 e. The molecule has 0 unspecified atom stereocenters. The van der Waals surface area contributed by atoms with Gasteiger partial charge in [-0.2, -0.15) is 0 Å². The largest absolute Gasteiger partial charge is 0.310 e. The van der Waals surface area contributed by atoms with Crippen LogP contribution in [-0.2, 0) is 5.41 Å². The van der Waals surface area contributed by atoms with Crippen molar-refractivity contribution in [1.82, 2.24) is 0 Å². The topological polar surface area (TPSA) is 3.24 Å². The first-order valence-electron chi connectivity index (χ1n) is 20.3. The zero-order valence-electron chi connectivity index (χ0n) is 32.7. The maximum Gasteiger partial charge on any atom is 0.0540 e. The van der Waals surface area contributed by atoms with E-state index in [0.717, 1.165) is 17.1 Å². The predicted octanol–water partition coefficient (Wildman–Crippen LogP) is 15.9.